The quantitative estimate of drug-likeness (QED) is 0.401. The molecule has 0 amide bonds. The van der Waals surface area contributed by atoms with Gasteiger partial charge < -0.3 is 25.4 Å². The number of anilines is 1. The molecule has 1 fully saturated rings. The summed E-state index contributed by atoms with van der Waals surface area (Å²) in [5.41, 5.74) is 0.875. The predicted octanol–water partition coefficient (Wildman–Crippen LogP) is 2.68. The fourth-order valence-corrected chi connectivity index (χ4v) is 3.96. The third-order valence-electron chi connectivity index (χ3n) is 5.63. The van der Waals surface area contributed by atoms with Gasteiger partial charge in [0.2, 0.25) is 5.88 Å². The Labute approximate surface area is 180 Å². The molecule has 1 aromatic heterocycles. The van der Waals surface area contributed by atoms with Gasteiger partial charge in [0.25, 0.3) is 5.69 Å². The standard InChI is InChI=1S/C21H30N4O6/c1-10(2)16-14(20(28)24(23-16)21(3,4)5)15-18(26)17(19(15)27)22-12-8-7-11(25(29)30)9-13(12)31-6/h7-10,15,17-19,22,26-28H,1-6H3. The van der Waals surface area contributed by atoms with Crippen LogP contribution >= 0.6 is 0 Å². The van der Waals surface area contributed by atoms with Crippen LogP contribution in [0.2, 0.25) is 0 Å². The maximum Gasteiger partial charge on any atom is 0.273 e. The normalized spacial score (nSPS) is 23.5. The molecule has 4 N–H and O–H groups in total. The smallest absolute Gasteiger partial charge is 0.273 e. The first-order valence-corrected chi connectivity index (χ1v) is 10.2. The van der Waals surface area contributed by atoms with Gasteiger partial charge in [0.15, 0.2) is 0 Å². The maximum absolute atomic E-state index is 11.0. The lowest BCUT2D eigenvalue weighted by atomic mass is 9.69. The van der Waals surface area contributed by atoms with E-state index in [1.54, 1.807) is 0 Å². The van der Waals surface area contributed by atoms with Gasteiger partial charge in [-0.1, -0.05) is 13.8 Å². The van der Waals surface area contributed by atoms with Crippen molar-refractivity contribution in [1.29, 1.82) is 0 Å². The molecule has 0 spiro atoms. The SMILES string of the molecule is COc1cc([N+](=O)[O-])ccc1NC1C(O)C(c2c(C(C)C)nn(C(C)(C)C)c2O)C1O. The lowest BCUT2D eigenvalue weighted by molar-refractivity contribution is -0.384. The van der Waals surface area contributed by atoms with Gasteiger partial charge in [-0.2, -0.15) is 5.10 Å². The number of non-ortho nitro benzene ring substituents is 1. The van der Waals surface area contributed by atoms with Gasteiger partial charge in [-0.25, -0.2) is 4.68 Å². The van der Waals surface area contributed by atoms with Crippen LogP contribution < -0.4 is 10.1 Å². The number of aliphatic hydroxyl groups excluding tert-OH is 2. The molecular weight excluding hydrogens is 404 g/mol. The van der Waals surface area contributed by atoms with E-state index < -0.39 is 34.6 Å². The number of ether oxygens (including phenoxy) is 1. The van der Waals surface area contributed by atoms with Crippen LogP contribution in [0.4, 0.5) is 11.4 Å². The van der Waals surface area contributed by atoms with Crippen molar-refractivity contribution in [2.45, 2.75) is 70.2 Å². The molecule has 31 heavy (non-hydrogen) atoms. The first kappa shape index (κ1) is 22.8. The third-order valence-corrected chi connectivity index (χ3v) is 5.63. The lowest BCUT2D eigenvalue weighted by Crippen LogP contribution is -2.61. The summed E-state index contributed by atoms with van der Waals surface area (Å²) in [7, 11) is 1.38. The Morgan fingerprint density at radius 1 is 1.26 bits per heavy atom. The Bertz CT molecular complexity index is 971. The zero-order chi connectivity index (χ0) is 23.2. The van der Waals surface area contributed by atoms with E-state index in [0.29, 0.717) is 16.9 Å². The molecule has 0 radical (unpaired) electrons. The minimum absolute atomic E-state index is 0.0225. The van der Waals surface area contributed by atoms with E-state index >= 15 is 0 Å². The topological polar surface area (TPSA) is 143 Å². The second kappa shape index (κ2) is 8.01. The van der Waals surface area contributed by atoms with Crippen LogP contribution in [0.5, 0.6) is 11.6 Å². The minimum Gasteiger partial charge on any atom is -0.494 e. The first-order chi connectivity index (χ1) is 14.4. The Balaban J connectivity index is 1.90. The van der Waals surface area contributed by atoms with Crippen molar-refractivity contribution in [3.63, 3.8) is 0 Å². The molecule has 2 unspecified atom stereocenters. The summed E-state index contributed by atoms with van der Waals surface area (Å²) in [5, 5.41) is 51.2. The third kappa shape index (κ3) is 3.92. The Morgan fingerprint density at radius 2 is 1.87 bits per heavy atom. The molecular formula is C21H30N4O6. The molecule has 2 aromatic rings. The maximum atomic E-state index is 11.0. The Morgan fingerprint density at radius 3 is 2.35 bits per heavy atom. The summed E-state index contributed by atoms with van der Waals surface area (Å²) in [6.45, 7) is 9.60. The zero-order valence-corrected chi connectivity index (χ0v) is 18.5. The largest absolute Gasteiger partial charge is 0.494 e. The van der Waals surface area contributed by atoms with E-state index in [2.05, 4.69) is 10.4 Å². The van der Waals surface area contributed by atoms with Gasteiger partial charge in [-0.3, -0.25) is 10.1 Å². The molecule has 1 saturated carbocycles. The molecule has 0 aliphatic heterocycles. The highest BCUT2D eigenvalue weighted by Crippen LogP contribution is 2.47. The highest BCUT2D eigenvalue weighted by molar-refractivity contribution is 5.62. The second-order valence-electron chi connectivity index (χ2n) is 9.18. The fourth-order valence-electron chi connectivity index (χ4n) is 3.96. The minimum atomic E-state index is -1.02. The van der Waals surface area contributed by atoms with Crippen molar-refractivity contribution >= 4 is 11.4 Å². The average Bonchev–Trinajstić information content (AvgIpc) is 3.03. The molecule has 1 aliphatic carbocycles. The van der Waals surface area contributed by atoms with Crippen LogP contribution in [0, 0.1) is 10.1 Å². The van der Waals surface area contributed by atoms with Crippen molar-refractivity contribution in [3.05, 3.63) is 39.6 Å². The van der Waals surface area contributed by atoms with E-state index in [-0.39, 0.29) is 23.2 Å². The summed E-state index contributed by atoms with van der Waals surface area (Å²) in [6.07, 6.45) is -2.04. The first-order valence-electron chi connectivity index (χ1n) is 10.2. The van der Waals surface area contributed by atoms with Crippen molar-refractivity contribution in [3.8, 4) is 11.6 Å². The van der Waals surface area contributed by atoms with Crippen molar-refractivity contribution < 1.29 is 25.0 Å². The number of aromatic hydroxyl groups is 1. The lowest BCUT2D eigenvalue weighted by Gasteiger charge is -2.47. The number of nitrogens with zero attached hydrogens (tertiary/aromatic N) is 3. The van der Waals surface area contributed by atoms with Crippen LogP contribution in [-0.4, -0.2) is 55.4 Å². The predicted molar refractivity (Wildman–Crippen MR) is 115 cm³/mol. The van der Waals surface area contributed by atoms with Crippen LogP contribution in [0.25, 0.3) is 0 Å². The van der Waals surface area contributed by atoms with Crippen LogP contribution in [-0.2, 0) is 5.54 Å². The van der Waals surface area contributed by atoms with E-state index in [9.17, 15) is 25.4 Å². The molecule has 10 heteroatoms. The second-order valence-corrected chi connectivity index (χ2v) is 9.18. The summed E-state index contributed by atoms with van der Waals surface area (Å²) in [4.78, 5) is 10.5. The van der Waals surface area contributed by atoms with Gasteiger partial charge in [-0.05, 0) is 32.8 Å². The van der Waals surface area contributed by atoms with Crippen LogP contribution in [0.3, 0.4) is 0 Å². The summed E-state index contributed by atoms with van der Waals surface area (Å²) < 4.78 is 6.73. The molecule has 2 atom stereocenters. The van der Waals surface area contributed by atoms with Crippen LogP contribution in [0.1, 0.15) is 57.7 Å². The van der Waals surface area contributed by atoms with Crippen LogP contribution in [0.15, 0.2) is 18.2 Å². The molecule has 1 aromatic carbocycles. The van der Waals surface area contributed by atoms with E-state index in [1.165, 1.54) is 30.0 Å². The van der Waals surface area contributed by atoms with E-state index in [0.717, 1.165) is 0 Å². The summed E-state index contributed by atoms with van der Waals surface area (Å²) in [6, 6.07) is 3.30. The van der Waals surface area contributed by atoms with Gasteiger partial charge in [-0.15, -0.1) is 0 Å². The molecule has 1 heterocycles. The average molecular weight is 434 g/mol. The summed E-state index contributed by atoms with van der Waals surface area (Å²) in [5.74, 6) is -0.588. The number of aliphatic hydroxyl groups is 2. The van der Waals surface area contributed by atoms with Crippen molar-refractivity contribution in [2.75, 3.05) is 12.4 Å². The fraction of sp³-hybridized carbons (Fsp3) is 0.571. The molecule has 0 saturated heterocycles. The van der Waals surface area contributed by atoms with Gasteiger partial charge in [0, 0.05) is 17.5 Å². The van der Waals surface area contributed by atoms with Crippen molar-refractivity contribution in [2.24, 2.45) is 0 Å². The number of benzene rings is 1. The number of aromatic nitrogens is 2. The molecule has 3 rings (SSSR count). The monoisotopic (exact) mass is 434 g/mol. The number of methoxy groups -OCH3 is 1. The number of rotatable bonds is 6. The number of nitrogens with one attached hydrogen (secondary N) is 1. The molecule has 170 valence electrons. The number of nitro groups is 1. The van der Waals surface area contributed by atoms with E-state index in [1.807, 2.05) is 34.6 Å². The molecule has 1 aliphatic rings. The zero-order valence-electron chi connectivity index (χ0n) is 18.5. The molecule has 10 nitrogen and oxygen atoms in total. The summed E-state index contributed by atoms with van der Waals surface area (Å²) >= 11 is 0. The number of nitro benzene ring substituents is 1. The van der Waals surface area contributed by atoms with E-state index in [4.69, 9.17) is 4.74 Å². The highest BCUT2D eigenvalue weighted by Gasteiger charge is 2.53. The Kier molecular flexibility index (Phi) is 5.90. The van der Waals surface area contributed by atoms with Gasteiger partial charge in [0.05, 0.1) is 53.3 Å². The molecule has 0 bridgehead atoms. The van der Waals surface area contributed by atoms with Gasteiger partial charge >= 0.3 is 0 Å². The Hall–Kier alpha value is -2.85. The highest BCUT2D eigenvalue weighted by atomic mass is 16.6. The number of hydrogen-bond donors (Lipinski definition) is 4. The van der Waals surface area contributed by atoms with Crippen molar-refractivity contribution in [1.82, 2.24) is 9.78 Å². The van der Waals surface area contributed by atoms with Gasteiger partial charge in [0.1, 0.15) is 5.75 Å². The number of hydrogen-bond acceptors (Lipinski definition) is 8.